The van der Waals surface area contributed by atoms with Crippen LogP contribution in [0.1, 0.15) is 5.56 Å². The smallest absolute Gasteiger partial charge is 0.182 e. The number of hydrogen-bond acceptors (Lipinski definition) is 4. The lowest BCUT2D eigenvalue weighted by Gasteiger charge is -2.07. The van der Waals surface area contributed by atoms with Gasteiger partial charge in [0.1, 0.15) is 24.0 Å². The van der Waals surface area contributed by atoms with Gasteiger partial charge in [-0.2, -0.15) is 0 Å². The largest absolute Gasteiger partial charge is 0.487 e. The van der Waals surface area contributed by atoms with Gasteiger partial charge in [-0.05, 0) is 48.0 Å². The molecule has 0 atom stereocenters. The van der Waals surface area contributed by atoms with Gasteiger partial charge in [-0.15, -0.1) is 0 Å². The molecule has 0 unspecified atom stereocenters. The first kappa shape index (κ1) is 18.1. The Balaban J connectivity index is 2.05. The van der Waals surface area contributed by atoms with Crippen LogP contribution in [-0.4, -0.2) is 21.6 Å². The average Bonchev–Trinajstić information content (AvgIpc) is 2.56. The number of nitrogens with two attached hydrogens (primary N) is 1. The maximum Gasteiger partial charge on any atom is 0.182 e. The lowest BCUT2D eigenvalue weighted by atomic mass is 10.2. The molecule has 0 bridgehead atoms. The second-order valence-electron chi connectivity index (χ2n) is 5.03. The molecule has 0 heterocycles. The van der Waals surface area contributed by atoms with Crippen molar-refractivity contribution in [2.45, 2.75) is 10.6 Å². The summed E-state index contributed by atoms with van der Waals surface area (Å²) in [5.74, 6) is -0.808. The number of ether oxygens (including phenoxy) is 1. The molecule has 0 aromatic heterocycles. The van der Waals surface area contributed by atoms with Gasteiger partial charge in [-0.1, -0.05) is 12.1 Å². The molecule has 2 N–H and O–H groups in total. The molecule has 0 spiro atoms. The van der Waals surface area contributed by atoms with E-state index in [1.807, 2.05) is 0 Å². The highest BCUT2D eigenvalue weighted by Crippen LogP contribution is 2.20. The fraction of sp³-hybridized carbons (Fsp3) is 0.176. The Morgan fingerprint density at radius 2 is 1.71 bits per heavy atom. The van der Waals surface area contributed by atoms with Gasteiger partial charge in [0.25, 0.3) is 0 Å². The molecular formula is C17H17F2NO3S. The van der Waals surface area contributed by atoms with Crippen molar-refractivity contribution in [3.05, 3.63) is 71.8 Å². The van der Waals surface area contributed by atoms with Crippen molar-refractivity contribution in [2.75, 3.05) is 13.2 Å². The van der Waals surface area contributed by atoms with Crippen LogP contribution in [0.3, 0.4) is 0 Å². The predicted molar refractivity (Wildman–Crippen MR) is 87.5 cm³/mol. The monoisotopic (exact) mass is 353 g/mol. The lowest BCUT2D eigenvalue weighted by molar-refractivity contribution is 0.318. The zero-order valence-electron chi connectivity index (χ0n) is 12.8. The molecule has 0 amide bonds. The van der Waals surface area contributed by atoms with Crippen molar-refractivity contribution in [1.29, 1.82) is 0 Å². The lowest BCUT2D eigenvalue weighted by Crippen LogP contribution is -2.05. The predicted octanol–water partition coefficient (Wildman–Crippen LogP) is 2.99. The van der Waals surface area contributed by atoms with Crippen LogP contribution in [0.25, 0.3) is 0 Å². The van der Waals surface area contributed by atoms with E-state index in [1.54, 1.807) is 0 Å². The molecule has 24 heavy (non-hydrogen) atoms. The minimum atomic E-state index is -3.56. The Morgan fingerprint density at radius 3 is 2.29 bits per heavy atom. The Labute approximate surface area is 139 Å². The summed E-state index contributed by atoms with van der Waals surface area (Å²) < 4.78 is 55.9. The Morgan fingerprint density at radius 1 is 1.08 bits per heavy atom. The van der Waals surface area contributed by atoms with Crippen molar-refractivity contribution in [3.8, 4) is 5.75 Å². The van der Waals surface area contributed by atoms with Crippen LogP contribution in [0.15, 0.2) is 65.3 Å². The normalized spacial score (nSPS) is 12.2. The van der Waals surface area contributed by atoms with Gasteiger partial charge < -0.3 is 10.5 Å². The summed E-state index contributed by atoms with van der Waals surface area (Å²) in [5, 5.41) is 0. The fourth-order valence-corrected chi connectivity index (χ4v) is 3.31. The van der Waals surface area contributed by atoms with Gasteiger partial charge in [0.05, 0.1) is 10.6 Å². The van der Waals surface area contributed by atoms with Crippen LogP contribution in [0.2, 0.25) is 0 Å². The van der Waals surface area contributed by atoms with E-state index in [-0.39, 0.29) is 23.8 Å². The second-order valence-corrected chi connectivity index (χ2v) is 7.02. The standard InChI is InChI=1S/C17H17F2NO3S/c18-14-3-1-13(2-4-14)12-24(21,22)17-7-5-16(6-8-17)23-11-15(19)9-10-20/h1-9H,10-12,20H2/b15-9-. The van der Waals surface area contributed by atoms with Crippen molar-refractivity contribution in [3.63, 3.8) is 0 Å². The van der Waals surface area contributed by atoms with Gasteiger partial charge >= 0.3 is 0 Å². The first-order valence-corrected chi connectivity index (χ1v) is 8.80. The summed E-state index contributed by atoms with van der Waals surface area (Å²) in [6, 6.07) is 11.0. The van der Waals surface area contributed by atoms with Crippen LogP contribution in [0, 0.1) is 5.82 Å². The molecule has 7 heteroatoms. The summed E-state index contributed by atoms with van der Waals surface area (Å²) in [6.45, 7) is -0.186. The third-order valence-electron chi connectivity index (χ3n) is 3.17. The molecule has 0 aliphatic heterocycles. The summed E-state index contributed by atoms with van der Waals surface area (Å²) in [5.41, 5.74) is 5.67. The Hall–Kier alpha value is -2.25. The molecule has 4 nitrogen and oxygen atoms in total. The highest BCUT2D eigenvalue weighted by molar-refractivity contribution is 7.90. The quantitative estimate of drug-likeness (QED) is 0.831. The molecule has 0 fully saturated rings. The third kappa shape index (κ3) is 5.14. The van der Waals surface area contributed by atoms with Crippen molar-refractivity contribution in [2.24, 2.45) is 5.73 Å². The topological polar surface area (TPSA) is 69.4 Å². The van der Waals surface area contributed by atoms with Crippen LogP contribution >= 0.6 is 0 Å². The molecule has 0 saturated carbocycles. The van der Waals surface area contributed by atoms with E-state index >= 15 is 0 Å². The van der Waals surface area contributed by atoms with E-state index in [1.165, 1.54) is 54.6 Å². The average molecular weight is 353 g/mol. The molecule has 0 radical (unpaired) electrons. The van der Waals surface area contributed by atoms with Crippen LogP contribution in [0.5, 0.6) is 5.75 Å². The zero-order valence-corrected chi connectivity index (χ0v) is 13.6. The van der Waals surface area contributed by atoms with Crippen LogP contribution in [-0.2, 0) is 15.6 Å². The zero-order chi connectivity index (χ0) is 17.6. The van der Waals surface area contributed by atoms with Crippen molar-refractivity contribution >= 4 is 9.84 Å². The molecule has 2 rings (SSSR count). The molecule has 0 aliphatic rings. The highest BCUT2D eigenvalue weighted by Gasteiger charge is 2.15. The van der Waals surface area contributed by atoms with Gasteiger partial charge in [0.2, 0.25) is 0 Å². The van der Waals surface area contributed by atoms with E-state index in [0.29, 0.717) is 11.3 Å². The number of halogens is 2. The van der Waals surface area contributed by atoms with E-state index < -0.39 is 21.5 Å². The number of hydrogen-bond donors (Lipinski definition) is 1. The second kappa shape index (κ2) is 8.03. The van der Waals surface area contributed by atoms with Gasteiger partial charge in [0.15, 0.2) is 9.84 Å². The first-order valence-electron chi connectivity index (χ1n) is 7.15. The minimum absolute atomic E-state index is 0.0791. The number of benzene rings is 2. The van der Waals surface area contributed by atoms with Crippen molar-refractivity contribution in [1.82, 2.24) is 0 Å². The maximum absolute atomic E-state index is 13.2. The summed E-state index contributed by atoms with van der Waals surface area (Å²) in [7, 11) is -3.56. The van der Waals surface area contributed by atoms with Crippen LogP contribution < -0.4 is 10.5 Å². The Bertz CT molecular complexity index is 801. The van der Waals surface area contributed by atoms with Gasteiger partial charge in [-0.25, -0.2) is 17.2 Å². The SMILES string of the molecule is NC/C=C(\F)COc1ccc(S(=O)(=O)Cc2ccc(F)cc2)cc1. The molecule has 0 aliphatic carbocycles. The highest BCUT2D eigenvalue weighted by atomic mass is 32.2. The van der Waals surface area contributed by atoms with E-state index in [0.717, 1.165) is 0 Å². The molecular weight excluding hydrogens is 336 g/mol. The van der Waals surface area contributed by atoms with E-state index in [4.69, 9.17) is 10.5 Å². The van der Waals surface area contributed by atoms with E-state index in [2.05, 4.69) is 0 Å². The Kier molecular flexibility index (Phi) is 6.05. The molecule has 2 aromatic rings. The first-order chi connectivity index (χ1) is 11.4. The molecule has 128 valence electrons. The number of rotatable bonds is 7. The maximum atomic E-state index is 13.2. The summed E-state index contributed by atoms with van der Waals surface area (Å²) >= 11 is 0. The van der Waals surface area contributed by atoms with Gasteiger partial charge in [0, 0.05) is 6.54 Å². The number of sulfone groups is 1. The van der Waals surface area contributed by atoms with Crippen molar-refractivity contribution < 1.29 is 21.9 Å². The fourth-order valence-electron chi connectivity index (χ4n) is 1.97. The third-order valence-corrected chi connectivity index (χ3v) is 4.87. The molecule has 0 saturated heterocycles. The summed E-state index contributed by atoms with van der Waals surface area (Å²) in [4.78, 5) is 0.108. The summed E-state index contributed by atoms with van der Waals surface area (Å²) in [6.07, 6.45) is 1.20. The molecule has 2 aromatic carbocycles. The van der Waals surface area contributed by atoms with E-state index in [9.17, 15) is 17.2 Å². The van der Waals surface area contributed by atoms with Crippen LogP contribution in [0.4, 0.5) is 8.78 Å². The minimum Gasteiger partial charge on any atom is -0.487 e. The van der Waals surface area contributed by atoms with Gasteiger partial charge in [-0.3, -0.25) is 0 Å².